The van der Waals surface area contributed by atoms with E-state index in [1.807, 2.05) is 0 Å². The van der Waals surface area contributed by atoms with Gasteiger partial charge >= 0.3 is 11.3 Å². The standard InChI is InChI=1S/C15H16O9.C9H6O4/c16-5-10-12(19)13(20)14(21)15(24-10)23-9-3-6-1-2-11(18)22-8(6)4-7(9)17;10-6-3-5-1-2-9(12)13-8(5)4-7(6)11/h1-4,10,12-17,19-21H,5H2;1-4,10-11H/t10-,12-,13+,14-,15-;/m1./s1. The van der Waals surface area contributed by atoms with Gasteiger partial charge in [-0.1, -0.05) is 0 Å². The zero-order valence-electron chi connectivity index (χ0n) is 18.8. The molecule has 0 unspecified atom stereocenters. The van der Waals surface area contributed by atoms with Crippen molar-refractivity contribution in [2.24, 2.45) is 0 Å². The van der Waals surface area contributed by atoms with E-state index < -0.39 is 48.6 Å². The fraction of sp³-hybridized carbons (Fsp3) is 0.250. The molecule has 5 rings (SSSR count). The van der Waals surface area contributed by atoms with Crippen LogP contribution in [-0.2, 0) is 4.74 Å². The Morgan fingerprint density at radius 3 is 1.84 bits per heavy atom. The minimum Gasteiger partial charge on any atom is -0.504 e. The van der Waals surface area contributed by atoms with Crippen molar-refractivity contribution in [2.45, 2.75) is 30.7 Å². The van der Waals surface area contributed by atoms with E-state index in [1.165, 1.54) is 42.5 Å². The van der Waals surface area contributed by atoms with Crippen molar-refractivity contribution in [3.63, 3.8) is 0 Å². The smallest absolute Gasteiger partial charge is 0.336 e. The Balaban J connectivity index is 0.000000207. The number of hydrogen-bond donors (Lipinski definition) is 7. The van der Waals surface area contributed by atoms with Crippen molar-refractivity contribution in [1.29, 1.82) is 0 Å². The van der Waals surface area contributed by atoms with E-state index in [0.717, 1.165) is 6.07 Å². The molecule has 196 valence electrons. The van der Waals surface area contributed by atoms with Gasteiger partial charge in [-0.05, 0) is 24.3 Å². The molecule has 1 aliphatic rings. The van der Waals surface area contributed by atoms with Gasteiger partial charge in [0.25, 0.3) is 0 Å². The molecular formula is C24H22O13. The van der Waals surface area contributed by atoms with E-state index >= 15 is 0 Å². The van der Waals surface area contributed by atoms with E-state index in [2.05, 4.69) is 0 Å². The highest BCUT2D eigenvalue weighted by Gasteiger charge is 2.44. The quantitative estimate of drug-likeness (QED) is 0.139. The largest absolute Gasteiger partial charge is 0.504 e. The molecule has 1 aliphatic heterocycles. The van der Waals surface area contributed by atoms with Crippen molar-refractivity contribution in [1.82, 2.24) is 0 Å². The van der Waals surface area contributed by atoms with Crippen molar-refractivity contribution in [3.05, 3.63) is 69.4 Å². The highest BCUT2D eigenvalue weighted by molar-refractivity contribution is 5.81. The summed E-state index contributed by atoms with van der Waals surface area (Å²) in [6, 6.07) is 10.5. The van der Waals surface area contributed by atoms with Crippen LogP contribution in [-0.4, -0.2) is 73.1 Å². The Bertz CT molecular complexity index is 1520. The first-order valence-corrected chi connectivity index (χ1v) is 10.8. The lowest BCUT2D eigenvalue weighted by Crippen LogP contribution is -2.60. The second-order valence-electron chi connectivity index (χ2n) is 8.06. The van der Waals surface area contributed by atoms with Crippen LogP contribution in [0.4, 0.5) is 0 Å². The molecule has 4 aromatic rings. The maximum atomic E-state index is 11.2. The molecule has 37 heavy (non-hydrogen) atoms. The number of aromatic hydroxyl groups is 3. The summed E-state index contributed by atoms with van der Waals surface area (Å²) in [4.78, 5) is 21.9. The van der Waals surface area contributed by atoms with Gasteiger partial charge in [-0.15, -0.1) is 0 Å². The zero-order chi connectivity index (χ0) is 26.9. The van der Waals surface area contributed by atoms with Crippen molar-refractivity contribution in [2.75, 3.05) is 6.61 Å². The van der Waals surface area contributed by atoms with Gasteiger partial charge in [0.15, 0.2) is 23.0 Å². The van der Waals surface area contributed by atoms with Crippen LogP contribution < -0.4 is 16.0 Å². The van der Waals surface area contributed by atoms with Gasteiger partial charge < -0.3 is 54.1 Å². The van der Waals surface area contributed by atoms with Gasteiger partial charge in [-0.25, -0.2) is 9.59 Å². The summed E-state index contributed by atoms with van der Waals surface area (Å²) in [5, 5.41) is 67.7. The number of aliphatic hydroxyl groups excluding tert-OH is 4. The molecule has 0 spiro atoms. The Hall–Kier alpha value is -4.14. The summed E-state index contributed by atoms with van der Waals surface area (Å²) in [6.07, 6.45) is -7.27. The van der Waals surface area contributed by atoms with Gasteiger partial charge in [-0.3, -0.25) is 0 Å². The first kappa shape index (κ1) is 25.9. The molecule has 13 heteroatoms. The molecule has 0 amide bonds. The van der Waals surface area contributed by atoms with Gasteiger partial charge in [-0.2, -0.15) is 0 Å². The summed E-state index contributed by atoms with van der Waals surface area (Å²) in [5.74, 6) is -1.02. The third-order valence-corrected chi connectivity index (χ3v) is 5.51. The first-order chi connectivity index (χ1) is 17.6. The fourth-order valence-corrected chi connectivity index (χ4v) is 3.56. The molecule has 7 N–H and O–H groups in total. The molecule has 1 fully saturated rings. The molecule has 5 atom stereocenters. The topological polar surface area (TPSA) is 220 Å². The molecule has 2 aromatic carbocycles. The molecule has 0 saturated carbocycles. The van der Waals surface area contributed by atoms with Crippen LogP contribution in [0.15, 0.2) is 67.0 Å². The van der Waals surface area contributed by atoms with Crippen LogP contribution in [0.2, 0.25) is 0 Å². The van der Waals surface area contributed by atoms with Crippen LogP contribution in [0.3, 0.4) is 0 Å². The average Bonchev–Trinajstić information content (AvgIpc) is 2.86. The molecule has 0 radical (unpaired) electrons. The van der Waals surface area contributed by atoms with E-state index in [0.29, 0.717) is 10.8 Å². The van der Waals surface area contributed by atoms with Crippen LogP contribution in [0, 0.1) is 0 Å². The number of phenolic OH excluding ortho intramolecular Hbond substituents is 3. The third-order valence-electron chi connectivity index (χ3n) is 5.51. The van der Waals surface area contributed by atoms with Gasteiger partial charge in [0.2, 0.25) is 6.29 Å². The number of benzene rings is 2. The first-order valence-electron chi connectivity index (χ1n) is 10.8. The predicted octanol–water partition coefficient (Wildman–Crippen LogP) is -0.119. The maximum Gasteiger partial charge on any atom is 0.336 e. The van der Waals surface area contributed by atoms with E-state index in [9.17, 15) is 30.0 Å². The summed E-state index contributed by atoms with van der Waals surface area (Å²) < 4.78 is 20.3. The lowest BCUT2D eigenvalue weighted by atomic mass is 9.99. The second-order valence-corrected chi connectivity index (χ2v) is 8.06. The number of phenols is 3. The Morgan fingerprint density at radius 1 is 0.703 bits per heavy atom. The second kappa shape index (κ2) is 10.5. The summed E-state index contributed by atoms with van der Waals surface area (Å²) >= 11 is 0. The van der Waals surface area contributed by atoms with Crippen LogP contribution in [0.1, 0.15) is 0 Å². The summed E-state index contributed by atoms with van der Waals surface area (Å²) in [6.45, 7) is -0.598. The van der Waals surface area contributed by atoms with Gasteiger partial charge in [0.05, 0.1) is 6.61 Å². The van der Waals surface area contributed by atoms with Crippen LogP contribution in [0.25, 0.3) is 21.9 Å². The maximum absolute atomic E-state index is 11.2. The van der Waals surface area contributed by atoms with Crippen molar-refractivity contribution in [3.8, 4) is 23.0 Å². The average molecular weight is 518 g/mol. The Kier molecular flexibility index (Phi) is 7.33. The Morgan fingerprint density at radius 2 is 1.24 bits per heavy atom. The van der Waals surface area contributed by atoms with E-state index in [1.54, 1.807) is 0 Å². The zero-order valence-corrected chi connectivity index (χ0v) is 18.8. The molecule has 2 aromatic heterocycles. The third kappa shape index (κ3) is 5.50. The summed E-state index contributed by atoms with van der Waals surface area (Å²) in [5.41, 5.74) is -0.675. The molecule has 3 heterocycles. The minimum absolute atomic E-state index is 0.0966. The minimum atomic E-state index is -1.60. The fourth-order valence-electron chi connectivity index (χ4n) is 3.56. The highest BCUT2D eigenvalue weighted by Crippen LogP contribution is 2.34. The monoisotopic (exact) mass is 518 g/mol. The lowest BCUT2D eigenvalue weighted by Gasteiger charge is -2.39. The normalized spacial score (nSPS) is 23.4. The lowest BCUT2D eigenvalue weighted by molar-refractivity contribution is -0.277. The van der Waals surface area contributed by atoms with Crippen LogP contribution in [0.5, 0.6) is 23.0 Å². The van der Waals surface area contributed by atoms with Gasteiger partial charge in [0, 0.05) is 35.0 Å². The number of rotatable bonds is 3. The van der Waals surface area contributed by atoms with Crippen molar-refractivity contribution < 1.29 is 54.1 Å². The molecular weight excluding hydrogens is 496 g/mol. The van der Waals surface area contributed by atoms with Crippen molar-refractivity contribution >= 4 is 21.9 Å². The van der Waals surface area contributed by atoms with E-state index in [4.69, 9.17) is 33.6 Å². The SMILES string of the molecule is O=c1ccc2cc(O)c(O)cc2o1.O=c1ccc2cc(O[C@@H]3O[C@H](CO)[C@@H](O)[C@H](O)[C@H]3O)c(O)cc2o1. The van der Waals surface area contributed by atoms with E-state index in [-0.39, 0.29) is 34.2 Å². The number of fused-ring (bicyclic) bond motifs is 2. The predicted molar refractivity (Wildman–Crippen MR) is 124 cm³/mol. The molecule has 0 bridgehead atoms. The summed E-state index contributed by atoms with van der Waals surface area (Å²) in [7, 11) is 0. The highest BCUT2D eigenvalue weighted by atomic mass is 16.7. The Labute approximate surface area is 206 Å². The number of hydrogen-bond acceptors (Lipinski definition) is 13. The molecule has 1 saturated heterocycles. The molecule has 0 aliphatic carbocycles. The van der Waals surface area contributed by atoms with Crippen LogP contribution >= 0.6 is 0 Å². The van der Waals surface area contributed by atoms with Gasteiger partial charge in [0.1, 0.15) is 35.6 Å². The number of ether oxygens (including phenoxy) is 2. The number of aliphatic hydroxyl groups is 4. The molecule has 13 nitrogen and oxygen atoms in total.